The van der Waals surface area contributed by atoms with Crippen molar-refractivity contribution in [2.24, 2.45) is 0 Å². The lowest BCUT2D eigenvalue weighted by molar-refractivity contribution is -0.145. The Morgan fingerprint density at radius 3 is 1.70 bits per heavy atom. The minimum Gasteiger partial charge on any atom is -0.481 e. The first-order chi connectivity index (χ1) is 18.1. The van der Waals surface area contributed by atoms with Crippen LogP contribution in [0.25, 0.3) is 0 Å². The van der Waals surface area contributed by atoms with E-state index in [0.717, 1.165) is 64.2 Å². The number of carboxylic acids is 1. The third kappa shape index (κ3) is 28.6. The number of hydrogen-bond acceptors (Lipinski definition) is 3. The van der Waals surface area contributed by atoms with E-state index >= 15 is 0 Å². The molecule has 0 saturated carbocycles. The Hall–Kier alpha value is -1.84. The second-order valence-electron chi connectivity index (χ2n) is 10.3. The monoisotopic (exact) mass is 518 g/mol. The number of carbonyl (C=O) groups excluding carboxylic acids is 1. The van der Waals surface area contributed by atoms with Gasteiger partial charge in [0.15, 0.2) is 0 Å². The van der Waals surface area contributed by atoms with Crippen molar-refractivity contribution >= 4 is 11.9 Å². The molecule has 0 radical (unpaired) electrons. The van der Waals surface area contributed by atoms with Crippen LogP contribution < -0.4 is 0 Å². The number of ether oxygens (including phenoxy) is 1. The number of aliphatic carboxylic acids is 1. The third-order valence-corrected chi connectivity index (χ3v) is 6.59. The molecule has 4 nitrogen and oxygen atoms in total. The maximum absolute atomic E-state index is 12.4. The normalized spacial score (nSPS) is 12.7. The Balaban J connectivity index is 4.08. The van der Waals surface area contributed by atoms with Gasteiger partial charge in [0.25, 0.3) is 0 Å². The van der Waals surface area contributed by atoms with E-state index in [1.54, 1.807) is 0 Å². The first-order valence-corrected chi connectivity index (χ1v) is 15.5. The number of carboxylic acid groups (broad SMARTS) is 1. The molecule has 0 aromatic carbocycles. The fraction of sp³-hybridized carbons (Fsp3) is 0.758. The van der Waals surface area contributed by atoms with E-state index in [2.05, 4.69) is 38.2 Å². The number of carbonyl (C=O) groups is 2. The van der Waals surface area contributed by atoms with Gasteiger partial charge in [-0.15, -0.1) is 0 Å². The fourth-order valence-corrected chi connectivity index (χ4v) is 4.32. The van der Waals surface area contributed by atoms with Crippen molar-refractivity contribution < 1.29 is 19.4 Å². The summed E-state index contributed by atoms with van der Waals surface area (Å²) in [7, 11) is 0. The zero-order chi connectivity index (χ0) is 27.2. The van der Waals surface area contributed by atoms with Crippen LogP contribution >= 0.6 is 0 Å². The zero-order valence-electron chi connectivity index (χ0n) is 24.3. The lowest BCUT2D eigenvalue weighted by Crippen LogP contribution is -2.13. The SMILES string of the molecule is CC/C=C\C/C=C\[C@@H](/C=C\CCCCCCCC(=O)O)OC(=O)CCCCCCCCCCCCCC. The van der Waals surface area contributed by atoms with Crippen LogP contribution in [0.5, 0.6) is 0 Å². The molecular formula is C33H58O4. The topological polar surface area (TPSA) is 63.6 Å². The number of allylic oxidation sites excluding steroid dienone is 4. The lowest BCUT2D eigenvalue weighted by Gasteiger charge is -2.11. The van der Waals surface area contributed by atoms with E-state index in [-0.39, 0.29) is 18.5 Å². The molecule has 214 valence electrons. The molecule has 4 heteroatoms. The lowest BCUT2D eigenvalue weighted by atomic mass is 10.0. The minimum atomic E-state index is -0.708. The van der Waals surface area contributed by atoms with Gasteiger partial charge in [-0.25, -0.2) is 0 Å². The van der Waals surface area contributed by atoms with Gasteiger partial charge in [-0.05, 0) is 50.7 Å². The summed E-state index contributed by atoms with van der Waals surface area (Å²) in [4.78, 5) is 23.0. The van der Waals surface area contributed by atoms with Crippen LogP contribution in [-0.2, 0) is 14.3 Å². The number of esters is 1. The Morgan fingerprint density at radius 2 is 1.14 bits per heavy atom. The Kier molecular flexibility index (Phi) is 27.3. The van der Waals surface area contributed by atoms with E-state index in [1.165, 1.54) is 64.2 Å². The van der Waals surface area contributed by atoms with Gasteiger partial charge in [-0.3, -0.25) is 9.59 Å². The molecule has 0 fully saturated rings. The van der Waals surface area contributed by atoms with Crippen molar-refractivity contribution in [1.82, 2.24) is 0 Å². The first kappa shape index (κ1) is 35.2. The molecule has 0 unspecified atom stereocenters. The molecular weight excluding hydrogens is 460 g/mol. The summed E-state index contributed by atoms with van der Waals surface area (Å²) in [5.41, 5.74) is 0. The summed E-state index contributed by atoms with van der Waals surface area (Å²) in [6.45, 7) is 4.38. The summed E-state index contributed by atoms with van der Waals surface area (Å²) >= 11 is 0. The van der Waals surface area contributed by atoms with Gasteiger partial charge in [-0.2, -0.15) is 0 Å². The predicted molar refractivity (Wildman–Crippen MR) is 158 cm³/mol. The minimum absolute atomic E-state index is 0.103. The Morgan fingerprint density at radius 1 is 0.622 bits per heavy atom. The van der Waals surface area contributed by atoms with E-state index in [4.69, 9.17) is 9.84 Å². The second-order valence-corrected chi connectivity index (χ2v) is 10.3. The smallest absolute Gasteiger partial charge is 0.306 e. The summed E-state index contributed by atoms with van der Waals surface area (Å²) in [6.07, 6.45) is 36.2. The third-order valence-electron chi connectivity index (χ3n) is 6.59. The molecule has 0 aromatic heterocycles. The van der Waals surface area contributed by atoms with Gasteiger partial charge in [0.05, 0.1) is 0 Å². The summed E-state index contributed by atoms with van der Waals surface area (Å²) in [5, 5.41) is 8.68. The molecule has 1 atom stereocenters. The van der Waals surface area contributed by atoms with Crippen LogP contribution in [0.15, 0.2) is 36.5 Å². The maximum Gasteiger partial charge on any atom is 0.306 e. The molecule has 0 bridgehead atoms. The predicted octanol–water partition coefficient (Wildman–Crippen LogP) is 10.3. The average molecular weight is 519 g/mol. The molecule has 0 saturated heterocycles. The van der Waals surface area contributed by atoms with E-state index in [9.17, 15) is 9.59 Å². The van der Waals surface area contributed by atoms with E-state index < -0.39 is 5.97 Å². The van der Waals surface area contributed by atoms with Crippen molar-refractivity contribution in [3.63, 3.8) is 0 Å². The van der Waals surface area contributed by atoms with Gasteiger partial charge < -0.3 is 9.84 Å². The Labute approximate surface area is 229 Å². The molecule has 0 aliphatic heterocycles. The van der Waals surface area contributed by atoms with Crippen LogP contribution in [0.3, 0.4) is 0 Å². The quantitative estimate of drug-likeness (QED) is 0.0667. The molecule has 0 aliphatic carbocycles. The van der Waals surface area contributed by atoms with E-state index in [1.807, 2.05) is 12.2 Å². The van der Waals surface area contributed by atoms with Gasteiger partial charge >= 0.3 is 11.9 Å². The highest BCUT2D eigenvalue weighted by Gasteiger charge is 2.08. The number of hydrogen-bond donors (Lipinski definition) is 1. The molecule has 0 heterocycles. The van der Waals surface area contributed by atoms with Gasteiger partial charge in [0, 0.05) is 12.8 Å². The average Bonchev–Trinajstić information content (AvgIpc) is 2.87. The number of unbranched alkanes of at least 4 members (excludes halogenated alkanes) is 16. The number of rotatable bonds is 27. The van der Waals surface area contributed by atoms with Crippen LogP contribution in [0.4, 0.5) is 0 Å². The standard InChI is InChI=1S/C33H58O4/c1-3-5-7-9-10-11-12-13-14-18-22-26-30-33(36)37-31(27-23-19-8-6-4-2)28-24-20-16-15-17-21-25-29-32(34)35/h6,8,23-24,27-28,31H,3-5,7,9-22,25-26,29-30H2,1-2H3,(H,34,35)/b8-6-,27-23-,28-24-/t31-/m0/s1. The van der Waals surface area contributed by atoms with Crippen molar-refractivity contribution in [2.75, 3.05) is 0 Å². The molecule has 0 amide bonds. The molecule has 1 N–H and O–H groups in total. The molecule has 0 spiro atoms. The molecule has 0 aromatic rings. The van der Waals surface area contributed by atoms with Crippen LogP contribution in [0, 0.1) is 0 Å². The first-order valence-electron chi connectivity index (χ1n) is 15.5. The maximum atomic E-state index is 12.4. The van der Waals surface area contributed by atoms with Crippen LogP contribution in [-0.4, -0.2) is 23.1 Å². The molecule has 0 rings (SSSR count). The summed E-state index contributed by atoms with van der Waals surface area (Å²) in [5.74, 6) is -0.811. The highest BCUT2D eigenvalue weighted by atomic mass is 16.5. The van der Waals surface area contributed by atoms with Crippen molar-refractivity contribution in [2.45, 2.75) is 161 Å². The van der Waals surface area contributed by atoms with Crippen molar-refractivity contribution in [3.8, 4) is 0 Å². The second kappa shape index (κ2) is 28.7. The van der Waals surface area contributed by atoms with Crippen molar-refractivity contribution in [3.05, 3.63) is 36.5 Å². The van der Waals surface area contributed by atoms with Crippen LogP contribution in [0.1, 0.15) is 155 Å². The largest absolute Gasteiger partial charge is 0.481 e. The summed E-state index contributed by atoms with van der Waals surface area (Å²) in [6, 6.07) is 0. The molecule has 0 aliphatic rings. The van der Waals surface area contributed by atoms with Gasteiger partial charge in [-0.1, -0.05) is 128 Å². The summed E-state index contributed by atoms with van der Waals surface area (Å²) < 4.78 is 5.75. The Bertz CT molecular complexity index is 605. The highest BCUT2D eigenvalue weighted by molar-refractivity contribution is 5.69. The zero-order valence-corrected chi connectivity index (χ0v) is 24.3. The van der Waals surface area contributed by atoms with Gasteiger partial charge in [0.2, 0.25) is 0 Å². The van der Waals surface area contributed by atoms with E-state index in [0.29, 0.717) is 6.42 Å². The van der Waals surface area contributed by atoms with Crippen molar-refractivity contribution in [1.29, 1.82) is 0 Å². The van der Waals surface area contributed by atoms with Gasteiger partial charge in [0.1, 0.15) is 6.10 Å². The fourth-order valence-electron chi connectivity index (χ4n) is 4.32. The molecule has 37 heavy (non-hydrogen) atoms. The highest BCUT2D eigenvalue weighted by Crippen LogP contribution is 2.13. The van der Waals surface area contributed by atoms with Crippen LogP contribution in [0.2, 0.25) is 0 Å².